The SMILES string of the molecule is Cc1nc2nc(C(F)(F)F)nn2c(C)c1CCC(=O)Nc1ccccc1N. The second-order valence-corrected chi connectivity index (χ2v) is 6.04. The number of nitrogens with two attached hydrogens (primary N) is 1. The lowest BCUT2D eigenvalue weighted by Gasteiger charge is -2.11. The number of nitrogen functional groups attached to an aromatic ring is 1. The summed E-state index contributed by atoms with van der Waals surface area (Å²) < 4.78 is 39.5. The number of nitrogens with zero attached hydrogens (tertiary/aromatic N) is 4. The molecule has 1 aromatic carbocycles. The number of alkyl halides is 3. The van der Waals surface area contributed by atoms with Crippen molar-refractivity contribution >= 4 is 23.1 Å². The Morgan fingerprint density at radius 3 is 2.59 bits per heavy atom. The van der Waals surface area contributed by atoms with E-state index in [1.165, 1.54) is 0 Å². The van der Waals surface area contributed by atoms with Crippen molar-refractivity contribution in [3.63, 3.8) is 0 Å². The molecular formula is C17H17F3N6O. The molecule has 0 radical (unpaired) electrons. The topological polar surface area (TPSA) is 98.2 Å². The van der Waals surface area contributed by atoms with Gasteiger partial charge in [0.15, 0.2) is 0 Å². The fourth-order valence-corrected chi connectivity index (χ4v) is 2.75. The van der Waals surface area contributed by atoms with Gasteiger partial charge >= 0.3 is 6.18 Å². The zero-order chi connectivity index (χ0) is 19.8. The van der Waals surface area contributed by atoms with E-state index < -0.39 is 12.0 Å². The zero-order valence-electron chi connectivity index (χ0n) is 14.6. The molecule has 0 aliphatic rings. The van der Waals surface area contributed by atoms with Crippen LogP contribution in [0.4, 0.5) is 24.5 Å². The Kier molecular flexibility index (Phi) is 4.73. The van der Waals surface area contributed by atoms with Crippen LogP contribution in [0.3, 0.4) is 0 Å². The lowest BCUT2D eigenvalue weighted by atomic mass is 10.1. The van der Waals surface area contributed by atoms with Crippen LogP contribution in [0.5, 0.6) is 0 Å². The largest absolute Gasteiger partial charge is 0.453 e. The Bertz CT molecular complexity index is 1010. The second kappa shape index (κ2) is 6.86. The highest BCUT2D eigenvalue weighted by molar-refractivity contribution is 5.93. The van der Waals surface area contributed by atoms with Crippen LogP contribution in [0.15, 0.2) is 24.3 Å². The van der Waals surface area contributed by atoms with Gasteiger partial charge in [-0.3, -0.25) is 4.79 Å². The third-order valence-corrected chi connectivity index (χ3v) is 4.14. The van der Waals surface area contributed by atoms with Crippen LogP contribution < -0.4 is 11.1 Å². The van der Waals surface area contributed by atoms with Gasteiger partial charge in [-0.15, -0.1) is 5.10 Å². The molecule has 0 atom stereocenters. The fraction of sp³-hybridized carbons (Fsp3) is 0.294. The molecule has 0 spiro atoms. The van der Waals surface area contributed by atoms with Gasteiger partial charge in [0.1, 0.15) is 0 Å². The summed E-state index contributed by atoms with van der Waals surface area (Å²) in [5.74, 6) is -1.63. The monoisotopic (exact) mass is 378 g/mol. The summed E-state index contributed by atoms with van der Waals surface area (Å²) in [5, 5.41) is 6.21. The summed E-state index contributed by atoms with van der Waals surface area (Å²) in [6.07, 6.45) is -4.24. The number of amides is 1. The summed E-state index contributed by atoms with van der Waals surface area (Å²) in [5.41, 5.74) is 8.37. The van der Waals surface area contributed by atoms with Crippen molar-refractivity contribution in [1.82, 2.24) is 19.6 Å². The third kappa shape index (κ3) is 3.83. The molecule has 27 heavy (non-hydrogen) atoms. The number of aryl methyl sites for hydroxylation is 2. The summed E-state index contributed by atoms with van der Waals surface area (Å²) >= 11 is 0. The van der Waals surface area contributed by atoms with Crippen LogP contribution in [-0.2, 0) is 17.4 Å². The first kappa shape index (κ1) is 18.6. The van der Waals surface area contributed by atoms with Crippen molar-refractivity contribution in [2.24, 2.45) is 0 Å². The summed E-state index contributed by atoms with van der Waals surface area (Å²) in [6.45, 7) is 3.29. The molecule has 3 aromatic rings. The lowest BCUT2D eigenvalue weighted by Crippen LogP contribution is -2.15. The lowest BCUT2D eigenvalue weighted by molar-refractivity contribution is -0.144. The highest BCUT2D eigenvalue weighted by atomic mass is 19.4. The molecule has 0 unspecified atom stereocenters. The quantitative estimate of drug-likeness (QED) is 0.680. The van der Waals surface area contributed by atoms with E-state index in [9.17, 15) is 18.0 Å². The summed E-state index contributed by atoms with van der Waals surface area (Å²) in [7, 11) is 0. The van der Waals surface area contributed by atoms with Crippen LogP contribution in [0, 0.1) is 13.8 Å². The second-order valence-electron chi connectivity index (χ2n) is 6.04. The molecule has 2 aromatic heterocycles. The Balaban J connectivity index is 1.80. The molecular weight excluding hydrogens is 361 g/mol. The number of halogens is 3. The van der Waals surface area contributed by atoms with E-state index in [2.05, 4.69) is 20.4 Å². The molecule has 3 N–H and O–H groups in total. The van der Waals surface area contributed by atoms with Crippen LogP contribution in [0.2, 0.25) is 0 Å². The Morgan fingerprint density at radius 1 is 1.22 bits per heavy atom. The standard InChI is InChI=1S/C17H17F3N6O/c1-9-11(7-8-14(27)23-13-6-4-3-5-12(13)21)10(2)26-16(22-9)24-15(25-26)17(18,19)20/h3-6H,7-8,21H2,1-2H3,(H,23,27). The van der Waals surface area contributed by atoms with Gasteiger partial charge in [0.2, 0.25) is 5.91 Å². The molecule has 142 valence electrons. The maximum absolute atomic E-state index is 12.8. The first-order chi connectivity index (χ1) is 12.7. The van der Waals surface area contributed by atoms with Crippen LogP contribution in [-0.4, -0.2) is 25.5 Å². The first-order valence-electron chi connectivity index (χ1n) is 8.11. The molecule has 10 heteroatoms. The predicted octanol–water partition coefficient (Wildman–Crippen LogP) is 2.91. The number of benzene rings is 1. The van der Waals surface area contributed by atoms with E-state index in [0.717, 1.165) is 4.52 Å². The molecule has 0 fully saturated rings. The molecule has 3 rings (SSSR count). The smallest absolute Gasteiger partial charge is 0.397 e. The van der Waals surface area contributed by atoms with Gasteiger partial charge in [0, 0.05) is 17.8 Å². The maximum atomic E-state index is 12.8. The van der Waals surface area contributed by atoms with Crippen LogP contribution in [0.25, 0.3) is 5.78 Å². The van der Waals surface area contributed by atoms with Gasteiger partial charge < -0.3 is 11.1 Å². The van der Waals surface area contributed by atoms with E-state index in [4.69, 9.17) is 5.73 Å². The number of carbonyl (C=O) groups excluding carboxylic acids is 1. The van der Waals surface area contributed by atoms with E-state index in [-0.39, 0.29) is 18.1 Å². The van der Waals surface area contributed by atoms with Crippen molar-refractivity contribution in [2.45, 2.75) is 32.9 Å². The predicted molar refractivity (Wildman–Crippen MR) is 93.1 cm³/mol. The number of nitrogens with one attached hydrogen (secondary N) is 1. The third-order valence-electron chi connectivity index (χ3n) is 4.14. The number of para-hydroxylation sites is 2. The van der Waals surface area contributed by atoms with E-state index in [0.29, 0.717) is 34.7 Å². The van der Waals surface area contributed by atoms with Crippen molar-refractivity contribution in [3.8, 4) is 0 Å². The zero-order valence-corrected chi connectivity index (χ0v) is 14.6. The molecule has 7 nitrogen and oxygen atoms in total. The Morgan fingerprint density at radius 2 is 1.93 bits per heavy atom. The molecule has 0 saturated heterocycles. The van der Waals surface area contributed by atoms with Crippen molar-refractivity contribution in [1.29, 1.82) is 0 Å². The van der Waals surface area contributed by atoms with Gasteiger partial charge in [-0.05, 0) is 38.0 Å². The minimum absolute atomic E-state index is 0.115. The van der Waals surface area contributed by atoms with Crippen molar-refractivity contribution in [2.75, 3.05) is 11.1 Å². The molecule has 0 aliphatic carbocycles. The normalized spacial score (nSPS) is 11.7. The minimum Gasteiger partial charge on any atom is -0.397 e. The average Bonchev–Trinajstić information content (AvgIpc) is 3.01. The molecule has 0 bridgehead atoms. The number of hydrogen-bond donors (Lipinski definition) is 2. The van der Waals surface area contributed by atoms with E-state index in [1.807, 2.05) is 0 Å². The maximum Gasteiger partial charge on any atom is 0.453 e. The Hall–Kier alpha value is -3.17. The van der Waals surface area contributed by atoms with Gasteiger partial charge in [-0.25, -0.2) is 9.50 Å². The van der Waals surface area contributed by atoms with Crippen molar-refractivity contribution < 1.29 is 18.0 Å². The fourth-order valence-electron chi connectivity index (χ4n) is 2.75. The van der Waals surface area contributed by atoms with E-state index >= 15 is 0 Å². The first-order valence-corrected chi connectivity index (χ1v) is 8.11. The number of rotatable bonds is 4. The van der Waals surface area contributed by atoms with Gasteiger partial charge in [0.25, 0.3) is 11.6 Å². The molecule has 1 amide bonds. The number of fused-ring (bicyclic) bond motifs is 1. The van der Waals surface area contributed by atoms with Crippen LogP contribution in [0.1, 0.15) is 29.2 Å². The van der Waals surface area contributed by atoms with Gasteiger partial charge in [-0.1, -0.05) is 12.1 Å². The Labute approximate surface area is 152 Å². The highest BCUT2D eigenvalue weighted by Crippen LogP contribution is 2.27. The highest BCUT2D eigenvalue weighted by Gasteiger charge is 2.36. The molecule has 0 aliphatic heterocycles. The van der Waals surface area contributed by atoms with Gasteiger partial charge in [-0.2, -0.15) is 18.2 Å². The summed E-state index contributed by atoms with van der Waals surface area (Å²) in [6, 6.07) is 6.86. The van der Waals surface area contributed by atoms with Gasteiger partial charge in [0.05, 0.1) is 11.4 Å². The number of anilines is 2. The number of hydrogen-bond acceptors (Lipinski definition) is 5. The number of aromatic nitrogens is 4. The molecule has 2 heterocycles. The van der Waals surface area contributed by atoms with Crippen LogP contribution >= 0.6 is 0 Å². The minimum atomic E-state index is -4.65. The van der Waals surface area contributed by atoms with E-state index in [1.54, 1.807) is 38.1 Å². The summed E-state index contributed by atoms with van der Waals surface area (Å²) in [4.78, 5) is 19.7. The van der Waals surface area contributed by atoms with Crippen molar-refractivity contribution in [3.05, 3.63) is 47.0 Å². The molecule has 0 saturated carbocycles. The average molecular weight is 378 g/mol. The number of carbonyl (C=O) groups is 1.